The van der Waals surface area contributed by atoms with E-state index in [1.54, 1.807) is 30.3 Å². The zero-order chi connectivity index (χ0) is 25.9. The molecule has 2 aromatic heterocycles. The number of piperidine rings is 1. The fraction of sp³-hybridized carbons (Fsp3) is 0.360. The number of carbonyl (C=O) groups excluding carboxylic acids is 1. The maximum absolute atomic E-state index is 14.3. The van der Waals surface area contributed by atoms with Gasteiger partial charge in [-0.3, -0.25) is 4.79 Å². The van der Waals surface area contributed by atoms with Gasteiger partial charge >= 0.3 is 0 Å². The van der Waals surface area contributed by atoms with Gasteiger partial charge < -0.3 is 19.2 Å². The van der Waals surface area contributed by atoms with Gasteiger partial charge in [0.25, 0.3) is 5.91 Å². The summed E-state index contributed by atoms with van der Waals surface area (Å²) in [6.45, 7) is 1.09. The van der Waals surface area contributed by atoms with Crippen LogP contribution in [-0.4, -0.2) is 53.3 Å². The molecule has 1 aromatic carbocycles. The van der Waals surface area contributed by atoms with Crippen LogP contribution in [-0.2, 0) is 9.63 Å². The normalized spacial score (nSPS) is 17.9. The van der Waals surface area contributed by atoms with Crippen molar-refractivity contribution >= 4 is 34.6 Å². The van der Waals surface area contributed by atoms with E-state index < -0.39 is 17.7 Å². The molecule has 5 rings (SSSR count). The lowest BCUT2D eigenvalue weighted by atomic mass is 9.97. The van der Waals surface area contributed by atoms with Gasteiger partial charge in [0.2, 0.25) is 5.88 Å². The molecule has 0 radical (unpaired) electrons. The molecule has 0 bridgehead atoms. The summed E-state index contributed by atoms with van der Waals surface area (Å²) in [6.07, 6.45) is 2.52. The van der Waals surface area contributed by atoms with Crippen LogP contribution in [0.4, 0.5) is 8.78 Å². The highest BCUT2D eigenvalue weighted by molar-refractivity contribution is 7.10. The van der Waals surface area contributed by atoms with Gasteiger partial charge in [-0.05, 0) is 31.0 Å². The summed E-state index contributed by atoms with van der Waals surface area (Å²) in [4.78, 5) is 28.6. The van der Waals surface area contributed by atoms with Crippen LogP contribution in [0.15, 0.2) is 41.0 Å². The number of halogens is 3. The first-order valence-corrected chi connectivity index (χ1v) is 12.9. The first-order valence-electron chi connectivity index (χ1n) is 11.7. The average molecular weight is 549 g/mol. The van der Waals surface area contributed by atoms with Gasteiger partial charge in [0.1, 0.15) is 23.1 Å². The molecule has 194 valence electrons. The van der Waals surface area contributed by atoms with Crippen LogP contribution < -0.4 is 9.47 Å². The second-order valence-electron chi connectivity index (χ2n) is 8.64. The number of thiazole rings is 1. The second kappa shape index (κ2) is 11.0. The fourth-order valence-corrected chi connectivity index (χ4v) is 5.60. The summed E-state index contributed by atoms with van der Waals surface area (Å²) in [7, 11) is 1.55. The zero-order valence-electron chi connectivity index (χ0n) is 19.8. The number of carbonyl (C=O) groups is 1. The lowest BCUT2D eigenvalue weighted by molar-refractivity contribution is -0.134. The van der Waals surface area contributed by atoms with Gasteiger partial charge in [0, 0.05) is 43.1 Å². The van der Waals surface area contributed by atoms with Gasteiger partial charge in [-0.25, -0.2) is 18.7 Å². The van der Waals surface area contributed by atoms with E-state index in [0.29, 0.717) is 36.1 Å². The van der Waals surface area contributed by atoms with Crippen LogP contribution in [0.3, 0.4) is 0 Å². The van der Waals surface area contributed by atoms with Crippen LogP contribution in [0.2, 0.25) is 5.02 Å². The minimum atomic E-state index is -0.813. The Kier molecular flexibility index (Phi) is 7.52. The van der Waals surface area contributed by atoms with Crippen molar-refractivity contribution in [3.63, 3.8) is 0 Å². The Hall–Kier alpha value is -3.31. The third kappa shape index (κ3) is 5.52. The number of oxime groups is 1. The molecule has 0 spiro atoms. The first kappa shape index (κ1) is 25.3. The molecule has 0 saturated carbocycles. The second-order valence-corrected chi connectivity index (χ2v) is 9.91. The maximum Gasteiger partial charge on any atom is 0.260 e. The van der Waals surface area contributed by atoms with E-state index in [0.717, 1.165) is 30.0 Å². The predicted molar refractivity (Wildman–Crippen MR) is 133 cm³/mol. The molecule has 37 heavy (non-hydrogen) atoms. The Morgan fingerprint density at radius 3 is 2.81 bits per heavy atom. The van der Waals surface area contributed by atoms with Crippen molar-refractivity contribution in [2.45, 2.75) is 31.3 Å². The number of likely N-dealkylation sites (tertiary alicyclic amines) is 1. The van der Waals surface area contributed by atoms with E-state index in [1.165, 1.54) is 11.3 Å². The topological polar surface area (TPSA) is 86.1 Å². The lowest BCUT2D eigenvalue weighted by Crippen LogP contribution is -2.40. The molecule has 1 atom stereocenters. The van der Waals surface area contributed by atoms with E-state index >= 15 is 0 Å². The Balaban J connectivity index is 1.14. The molecule has 1 amide bonds. The number of hydrogen-bond donors (Lipinski definition) is 0. The summed E-state index contributed by atoms with van der Waals surface area (Å²) in [5.41, 5.74) is 1.16. The van der Waals surface area contributed by atoms with E-state index in [1.807, 2.05) is 5.38 Å². The molecule has 0 N–H and O–H groups in total. The third-order valence-electron chi connectivity index (χ3n) is 6.37. The lowest BCUT2D eigenvalue weighted by Gasteiger charge is -2.31. The number of nitrogens with zero attached hydrogens (tertiary/aromatic N) is 4. The van der Waals surface area contributed by atoms with E-state index in [9.17, 15) is 13.6 Å². The molecule has 8 nitrogen and oxygen atoms in total. The van der Waals surface area contributed by atoms with Crippen LogP contribution in [0.5, 0.6) is 11.6 Å². The molecule has 0 aliphatic carbocycles. The molecule has 2 aliphatic heterocycles. The Morgan fingerprint density at radius 2 is 2.03 bits per heavy atom. The molecule has 3 aromatic rings. The summed E-state index contributed by atoms with van der Waals surface area (Å²) < 4.78 is 38.8. The molecule has 1 unspecified atom stereocenters. The molecule has 4 heterocycles. The van der Waals surface area contributed by atoms with Crippen LogP contribution >= 0.6 is 22.9 Å². The fourth-order valence-electron chi connectivity index (χ4n) is 4.33. The van der Waals surface area contributed by atoms with Crippen molar-refractivity contribution in [1.82, 2.24) is 14.9 Å². The van der Waals surface area contributed by atoms with Crippen molar-refractivity contribution in [3.05, 3.63) is 68.8 Å². The van der Waals surface area contributed by atoms with Crippen molar-refractivity contribution in [1.29, 1.82) is 0 Å². The molecule has 1 fully saturated rings. The zero-order valence-corrected chi connectivity index (χ0v) is 21.4. The predicted octanol–water partition coefficient (Wildman–Crippen LogP) is 5.13. The van der Waals surface area contributed by atoms with Crippen molar-refractivity contribution in [3.8, 4) is 11.6 Å². The van der Waals surface area contributed by atoms with Gasteiger partial charge in [0.15, 0.2) is 12.7 Å². The van der Waals surface area contributed by atoms with Crippen molar-refractivity contribution < 1.29 is 27.9 Å². The van der Waals surface area contributed by atoms with E-state index in [2.05, 4.69) is 10.1 Å². The maximum atomic E-state index is 14.3. The molecule has 2 aliphatic rings. The van der Waals surface area contributed by atoms with Gasteiger partial charge in [-0.1, -0.05) is 16.8 Å². The Bertz CT molecular complexity index is 1330. The molecular weight excluding hydrogens is 526 g/mol. The SMILES string of the molecule is COc1ccnc(OCC(=O)N2CCC(c3nc(C4=NOC(c5c(F)ccc(F)c5Cl)C4)cs3)CC2)c1. The minimum absolute atomic E-state index is 0.0425. The summed E-state index contributed by atoms with van der Waals surface area (Å²) in [5.74, 6) is -0.303. The van der Waals surface area contributed by atoms with E-state index in [4.69, 9.17) is 30.9 Å². The highest BCUT2D eigenvalue weighted by atomic mass is 35.5. The first-order chi connectivity index (χ1) is 17.9. The monoisotopic (exact) mass is 548 g/mol. The number of ether oxygens (including phenoxy) is 2. The third-order valence-corrected chi connectivity index (χ3v) is 7.76. The highest BCUT2D eigenvalue weighted by Gasteiger charge is 2.32. The number of amides is 1. The Labute approximate surface area is 220 Å². The summed E-state index contributed by atoms with van der Waals surface area (Å²) in [5, 5.41) is 6.59. The van der Waals surface area contributed by atoms with Crippen LogP contribution in [0.1, 0.15) is 47.5 Å². The Morgan fingerprint density at radius 1 is 1.24 bits per heavy atom. The minimum Gasteiger partial charge on any atom is -0.497 e. The van der Waals surface area contributed by atoms with Crippen molar-refractivity contribution in [2.75, 3.05) is 26.8 Å². The molecular formula is C25H23ClF2N4O4S. The number of rotatable bonds is 7. The van der Waals surface area contributed by atoms with Crippen molar-refractivity contribution in [2.24, 2.45) is 5.16 Å². The van der Waals surface area contributed by atoms with Crippen LogP contribution in [0, 0.1) is 11.6 Å². The number of aromatic nitrogens is 2. The molecule has 1 saturated heterocycles. The summed E-state index contributed by atoms with van der Waals surface area (Å²) in [6, 6.07) is 5.34. The number of hydrogen-bond acceptors (Lipinski definition) is 8. The number of methoxy groups -OCH3 is 1. The molecule has 12 heteroatoms. The summed E-state index contributed by atoms with van der Waals surface area (Å²) >= 11 is 7.49. The quantitative estimate of drug-likeness (QED) is 0.381. The van der Waals surface area contributed by atoms with Gasteiger partial charge in [-0.15, -0.1) is 11.3 Å². The standard InChI is InChI=1S/C25H23ClF2N4O4S/c1-34-15-4-7-29-21(10-15)35-12-22(33)32-8-5-14(6-9-32)25-30-19(13-37-25)18-11-20(36-31-18)23-16(27)2-3-17(28)24(23)26/h2-4,7,10,13-14,20H,5-6,8-9,11-12H2,1H3. The van der Waals surface area contributed by atoms with E-state index in [-0.39, 0.29) is 35.4 Å². The largest absolute Gasteiger partial charge is 0.497 e. The highest BCUT2D eigenvalue weighted by Crippen LogP contribution is 2.37. The van der Waals surface area contributed by atoms with Crippen LogP contribution in [0.25, 0.3) is 0 Å². The number of benzene rings is 1. The smallest absolute Gasteiger partial charge is 0.260 e. The van der Waals surface area contributed by atoms with Gasteiger partial charge in [-0.2, -0.15) is 0 Å². The van der Waals surface area contributed by atoms with Gasteiger partial charge in [0.05, 0.1) is 28.4 Å². The average Bonchev–Trinajstić information content (AvgIpc) is 3.60. The number of pyridine rings is 1.